The topological polar surface area (TPSA) is 55.8 Å². The fourth-order valence-corrected chi connectivity index (χ4v) is 8.17. The predicted molar refractivity (Wildman–Crippen MR) is 90.9 cm³/mol. The third kappa shape index (κ3) is 6.00. The van der Waals surface area contributed by atoms with Crippen molar-refractivity contribution in [2.24, 2.45) is 0 Å². The predicted octanol–water partition coefficient (Wildman–Crippen LogP) is 2.21. The Morgan fingerprint density at radius 3 is 2.00 bits per heavy atom. The van der Waals surface area contributed by atoms with Crippen molar-refractivity contribution < 1.29 is 18.9 Å². The van der Waals surface area contributed by atoms with Crippen LogP contribution in [0.2, 0.25) is 15.8 Å². The van der Waals surface area contributed by atoms with Crippen LogP contribution in [0.1, 0.15) is 20.8 Å². The van der Waals surface area contributed by atoms with E-state index in [2.05, 4.69) is 25.7 Å². The quantitative estimate of drug-likeness (QED) is 0.532. The van der Waals surface area contributed by atoms with Gasteiger partial charge >= 0.3 is 136 Å². The molecule has 0 unspecified atom stereocenters. The standard InChI is InChI=1S/C15H26BGeNO4/c1-5-17(6-2,7-3)11-9-8-10-16-21-14(19)12-18(4)13-15(20)22-16/h8-11H,5-7,12-13H2,1-4H3/b10-8+,11-9+. The molecule has 0 aliphatic carbocycles. The summed E-state index contributed by atoms with van der Waals surface area (Å²) < 4.78 is 10.2. The number of hydrogen-bond acceptors (Lipinski definition) is 5. The van der Waals surface area contributed by atoms with Gasteiger partial charge in [-0.1, -0.05) is 0 Å². The van der Waals surface area contributed by atoms with Crippen molar-refractivity contribution >= 4 is 32.3 Å². The molecule has 7 heteroatoms. The fourth-order valence-electron chi connectivity index (χ4n) is 2.45. The van der Waals surface area contributed by atoms with Crippen LogP contribution in [0.5, 0.6) is 0 Å². The first-order chi connectivity index (χ1) is 10.4. The van der Waals surface area contributed by atoms with Gasteiger partial charge in [0.2, 0.25) is 0 Å². The summed E-state index contributed by atoms with van der Waals surface area (Å²) in [5, 5.41) is 3.78. The van der Waals surface area contributed by atoms with Crippen LogP contribution in [0.15, 0.2) is 23.0 Å². The molecule has 0 aromatic carbocycles. The molecule has 1 aliphatic rings. The van der Waals surface area contributed by atoms with Gasteiger partial charge in [0, 0.05) is 0 Å². The first-order valence-electron chi connectivity index (χ1n) is 7.88. The number of hydrogen-bond donors (Lipinski definition) is 0. The first-order valence-corrected chi connectivity index (χ1v) is 13.5. The van der Waals surface area contributed by atoms with Crippen molar-refractivity contribution in [1.29, 1.82) is 0 Å². The maximum absolute atomic E-state index is 11.6. The van der Waals surface area contributed by atoms with Crippen LogP contribution in [0.25, 0.3) is 0 Å². The van der Waals surface area contributed by atoms with Gasteiger partial charge in [-0.2, -0.15) is 0 Å². The average Bonchev–Trinajstić information content (AvgIpc) is 2.46. The molecule has 0 aromatic heterocycles. The van der Waals surface area contributed by atoms with E-state index in [-0.39, 0.29) is 13.1 Å². The second kappa shape index (κ2) is 9.20. The Morgan fingerprint density at radius 1 is 1.05 bits per heavy atom. The van der Waals surface area contributed by atoms with Crippen LogP contribution in [0, 0.1) is 0 Å². The summed E-state index contributed by atoms with van der Waals surface area (Å²) >= 11 is -1.84. The number of carbonyl (C=O) groups is 2. The Hall–Kier alpha value is -1.01. The molecule has 1 fully saturated rings. The second-order valence-electron chi connectivity index (χ2n) is 5.69. The van der Waals surface area contributed by atoms with E-state index in [0.717, 1.165) is 0 Å². The zero-order chi connectivity index (χ0) is 16.6. The Balaban J connectivity index is 2.67. The van der Waals surface area contributed by atoms with Crippen LogP contribution >= 0.6 is 0 Å². The summed E-state index contributed by atoms with van der Waals surface area (Å²) in [5.41, 5.74) is 0. The minimum absolute atomic E-state index is 0.0925. The van der Waals surface area contributed by atoms with E-state index in [0.29, 0.717) is 0 Å². The minimum atomic E-state index is -1.84. The molecule has 1 rings (SSSR count). The van der Waals surface area contributed by atoms with Crippen molar-refractivity contribution in [3.63, 3.8) is 0 Å². The van der Waals surface area contributed by atoms with Crippen molar-refractivity contribution in [2.75, 3.05) is 20.1 Å². The van der Waals surface area contributed by atoms with Crippen LogP contribution < -0.4 is 0 Å². The molecule has 0 spiro atoms. The summed E-state index contributed by atoms with van der Waals surface area (Å²) in [6.07, 6.45) is 3.83. The molecule has 5 nitrogen and oxygen atoms in total. The zero-order valence-corrected chi connectivity index (χ0v) is 16.1. The molecule has 0 aromatic rings. The van der Waals surface area contributed by atoms with Crippen molar-refractivity contribution in [3.8, 4) is 0 Å². The molecular formula is C15H26BGeNO4. The van der Waals surface area contributed by atoms with Gasteiger partial charge in [0.05, 0.1) is 0 Å². The summed E-state index contributed by atoms with van der Waals surface area (Å²) in [7, 11) is 0.748. The molecule has 122 valence electrons. The molecular weight excluding hydrogens is 342 g/mol. The number of likely N-dealkylation sites (N-methyl/N-ethyl adjacent to an activating group) is 1. The van der Waals surface area contributed by atoms with Crippen LogP contribution in [-0.4, -0.2) is 57.4 Å². The third-order valence-corrected chi connectivity index (χ3v) is 15.0. The van der Waals surface area contributed by atoms with Gasteiger partial charge in [-0.05, 0) is 0 Å². The van der Waals surface area contributed by atoms with Gasteiger partial charge in [-0.15, -0.1) is 0 Å². The molecule has 0 atom stereocenters. The maximum atomic E-state index is 11.6. The second-order valence-corrected chi connectivity index (χ2v) is 16.6. The number of carbonyl (C=O) groups excluding carboxylic acids is 2. The summed E-state index contributed by atoms with van der Waals surface area (Å²) in [6, 6.07) is 0. The van der Waals surface area contributed by atoms with Crippen LogP contribution in [-0.2, 0) is 18.9 Å². The summed E-state index contributed by atoms with van der Waals surface area (Å²) in [6.45, 7) is 6.96. The van der Waals surface area contributed by atoms with Gasteiger partial charge in [-0.25, -0.2) is 0 Å². The summed E-state index contributed by atoms with van der Waals surface area (Å²) in [4.78, 5) is 27.1. The Bertz CT molecular complexity index is 421. The Morgan fingerprint density at radius 2 is 1.55 bits per heavy atom. The average molecular weight is 368 g/mol. The Kier molecular flexibility index (Phi) is 7.96. The molecule has 1 aliphatic heterocycles. The third-order valence-electron chi connectivity index (χ3n) is 4.23. The number of nitrogens with zero attached hydrogens (tertiary/aromatic N) is 1. The monoisotopic (exact) mass is 369 g/mol. The number of allylic oxidation sites excluding steroid dienone is 2. The zero-order valence-electron chi connectivity index (χ0n) is 14.0. The normalized spacial score (nSPS) is 18.5. The van der Waals surface area contributed by atoms with Crippen molar-refractivity contribution in [1.82, 2.24) is 4.90 Å². The van der Waals surface area contributed by atoms with Crippen molar-refractivity contribution in [3.05, 3.63) is 23.0 Å². The Labute approximate surface area is 136 Å². The van der Waals surface area contributed by atoms with E-state index in [1.54, 1.807) is 17.9 Å². The molecule has 0 amide bonds. The van der Waals surface area contributed by atoms with Gasteiger partial charge in [0.25, 0.3) is 0 Å². The molecule has 1 heterocycles. The van der Waals surface area contributed by atoms with Gasteiger partial charge in [0.1, 0.15) is 0 Å². The van der Waals surface area contributed by atoms with E-state index in [9.17, 15) is 9.59 Å². The van der Waals surface area contributed by atoms with Crippen LogP contribution in [0.4, 0.5) is 0 Å². The molecule has 0 saturated carbocycles. The van der Waals surface area contributed by atoms with Gasteiger partial charge in [-0.3, -0.25) is 0 Å². The van der Waals surface area contributed by atoms with E-state index < -0.39 is 32.3 Å². The fraction of sp³-hybridized carbons (Fsp3) is 0.600. The van der Waals surface area contributed by atoms with Crippen LogP contribution in [0.3, 0.4) is 0 Å². The molecule has 0 N–H and O–H groups in total. The van der Waals surface area contributed by atoms with E-state index >= 15 is 0 Å². The van der Waals surface area contributed by atoms with E-state index in [1.807, 2.05) is 12.2 Å². The molecule has 0 bridgehead atoms. The molecule has 0 radical (unpaired) electrons. The SMILES string of the molecule is C[CH2][Ge](/[CH]=C/C=C/B1OC(=O)CN(C)CC(=O)O1)([CH2]C)[CH2]C. The van der Waals surface area contributed by atoms with Gasteiger partial charge in [0.15, 0.2) is 0 Å². The molecule has 22 heavy (non-hydrogen) atoms. The first kappa shape index (κ1) is 19.0. The van der Waals surface area contributed by atoms with E-state index in [4.69, 9.17) is 9.31 Å². The molecule has 1 saturated heterocycles. The summed E-state index contributed by atoms with van der Waals surface area (Å²) in [5.74, 6) is 0.832. The number of rotatable bonds is 6. The van der Waals surface area contributed by atoms with Gasteiger partial charge < -0.3 is 0 Å². The van der Waals surface area contributed by atoms with Crippen molar-refractivity contribution in [2.45, 2.75) is 36.5 Å². The van der Waals surface area contributed by atoms with E-state index in [1.165, 1.54) is 15.8 Å².